The number of benzene rings is 1. The van der Waals surface area contributed by atoms with Crippen molar-refractivity contribution in [2.45, 2.75) is 38.6 Å². The Bertz CT molecular complexity index is 462. The van der Waals surface area contributed by atoms with Gasteiger partial charge in [0.1, 0.15) is 0 Å². The van der Waals surface area contributed by atoms with Gasteiger partial charge < -0.3 is 10.6 Å². The average molecular weight is 274 g/mol. The Labute approximate surface area is 119 Å². The van der Waals surface area contributed by atoms with Gasteiger partial charge in [0.2, 0.25) is 5.91 Å². The Balaban J connectivity index is 1.78. The molecule has 1 aromatic rings. The van der Waals surface area contributed by atoms with Gasteiger partial charge in [0, 0.05) is 25.6 Å². The van der Waals surface area contributed by atoms with Gasteiger partial charge in [-0.05, 0) is 36.5 Å². The van der Waals surface area contributed by atoms with Crippen molar-refractivity contribution in [3.05, 3.63) is 35.4 Å². The quantitative estimate of drug-likeness (QED) is 0.865. The molecule has 1 aromatic carbocycles. The highest BCUT2D eigenvalue weighted by Crippen LogP contribution is 2.27. The van der Waals surface area contributed by atoms with Crippen LogP contribution >= 0.6 is 0 Å². The second kappa shape index (κ2) is 7.08. The van der Waals surface area contributed by atoms with Crippen LogP contribution in [0.3, 0.4) is 0 Å². The predicted octanol–water partition coefficient (Wildman–Crippen LogP) is 2.24. The summed E-state index contributed by atoms with van der Waals surface area (Å²) in [5.74, 6) is 0.611. The molecule has 0 aromatic heterocycles. The van der Waals surface area contributed by atoms with E-state index in [0.29, 0.717) is 24.4 Å². The molecule has 0 radical (unpaired) electrons. The highest BCUT2D eigenvalue weighted by atomic mass is 16.2. The van der Waals surface area contributed by atoms with Crippen LogP contribution in [0.25, 0.3) is 0 Å². The molecule has 1 fully saturated rings. The third-order valence-electron chi connectivity index (χ3n) is 3.88. The van der Waals surface area contributed by atoms with Crippen LogP contribution in [0.1, 0.15) is 48.0 Å². The molecule has 2 amide bonds. The fourth-order valence-corrected chi connectivity index (χ4v) is 2.67. The molecule has 20 heavy (non-hydrogen) atoms. The molecule has 4 nitrogen and oxygen atoms in total. The third-order valence-corrected chi connectivity index (χ3v) is 3.88. The Morgan fingerprint density at radius 3 is 2.40 bits per heavy atom. The molecule has 1 aliphatic carbocycles. The van der Waals surface area contributed by atoms with Gasteiger partial charge >= 0.3 is 0 Å². The van der Waals surface area contributed by atoms with Crippen molar-refractivity contribution in [2.24, 2.45) is 5.92 Å². The molecular formula is C16H22N2O2. The minimum absolute atomic E-state index is 0.0955. The molecular weight excluding hydrogens is 252 g/mol. The predicted molar refractivity (Wildman–Crippen MR) is 78.3 cm³/mol. The Kier molecular flexibility index (Phi) is 5.16. The maximum atomic E-state index is 11.8. The van der Waals surface area contributed by atoms with Crippen molar-refractivity contribution >= 4 is 11.8 Å². The summed E-state index contributed by atoms with van der Waals surface area (Å²) >= 11 is 0. The first kappa shape index (κ1) is 14.6. The van der Waals surface area contributed by atoms with Crippen molar-refractivity contribution in [1.29, 1.82) is 0 Å². The van der Waals surface area contributed by atoms with E-state index in [2.05, 4.69) is 10.6 Å². The topological polar surface area (TPSA) is 58.2 Å². The standard InChI is InChI=1S/C16H22N2O2/c1-17-16(20)14-8-6-13(7-9-14)11-18-15(19)10-12-4-2-3-5-12/h6-9,12H,2-5,10-11H2,1H3,(H,17,20)(H,18,19). The molecule has 0 bridgehead atoms. The van der Waals surface area contributed by atoms with Gasteiger partial charge in [-0.25, -0.2) is 0 Å². The SMILES string of the molecule is CNC(=O)c1ccc(CNC(=O)CC2CCCC2)cc1. The molecule has 0 spiro atoms. The van der Waals surface area contributed by atoms with E-state index >= 15 is 0 Å². The highest BCUT2D eigenvalue weighted by molar-refractivity contribution is 5.93. The normalized spacial score (nSPS) is 15.1. The number of nitrogens with one attached hydrogen (secondary N) is 2. The summed E-state index contributed by atoms with van der Waals surface area (Å²) in [5, 5.41) is 5.53. The summed E-state index contributed by atoms with van der Waals surface area (Å²) in [6, 6.07) is 7.30. The molecule has 108 valence electrons. The maximum absolute atomic E-state index is 11.8. The van der Waals surface area contributed by atoms with Gasteiger partial charge in [0.05, 0.1) is 0 Å². The fraction of sp³-hybridized carbons (Fsp3) is 0.500. The lowest BCUT2D eigenvalue weighted by Gasteiger charge is -2.10. The van der Waals surface area contributed by atoms with E-state index in [1.807, 2.05) is 12.1 Å². The zero-order valence-corrected chi connectivity index (χ0v) is 11.9. The summed E-state index contributed by atoms with van der Waals surface area (Å²) in [4.78, 5) is 23.2. The lowest BCUT2D eigenvalue weighted by molar-refractivity contribution is -0.122. The molecule has 0 unspecified atom stereocenters. The first-order valence-corrected chi connectivity index (χ1v) is 7.27. The van der Waals surface area contributed by atoms with E-state index < -0.39 is 0 Å². The molecule has 2 N–H and O–H groups in total. The second-order valence-electron chi connectivity index (χ2n) is 5.41. The van der Waals surface area contributed by atoms with Crippen molar-refractivity contribution in [3.63, 3.8) is 0 Å². The summed E-state index contributed by atoms with van der Waals surface area (Å²) < 4.78 is 0. The highest BCUT2D eigenvalue weighted by Gasteiger charge is 2.18. The van der Waals surface area contributed by atoms with Crippen LogP contribution in [0.2, 0.25) is 0 Å². The van der Waals surface area contributed by atoms with Gasteiger partial charge in [-0.15, -0.1) is 0 Å². The molecule has 1 saturated carbocycles. The van der Waals surface area contributed by atoms with Crippen LogP contribution in [0.15, 0.2) is 24.3 Å². The van der Waals surface area contributed by atoms with Gasteiger partial charge in [0.15, 0.2) is 0 Å². The van der Waals surface area contributed by atoms with E-state index in [0.717, 1.165) is 5.56 Å². The minimum atomic E-state index is -0.0955. The number of carbonyl (C=O) groups is 2. The van der Waals surface area contributed by atoms with Crippen LogP contribution < -0.4 is 10.6 Å². The molecule has 1 aliphatic rings. The van der Waals surface area contributed by atoms with E-state index in [1.54, 1.807) is 19.2 Å². The lowest BCUT2D eigenvalue weighted by atomic mass is 10.0. The Morgan fingerprint density at radius 1 is 1.15 bits per heavy atom. The van der Waals surface area contributed by atoms with Gasteiger partial charge in [0.25, 0.3) is 5.91 Å². The number of carbonyl (C=O) groups excluding carboxylic acids is 2. The first-order valence-electron chi connectivity index (χ1n) is 7.27. The smallest absolute Gasteiger partial charge is 0.251 e. The van der Waals surface area contributed by atoms with E-state index in [4.69, 9.17) is 0 Å². The molecule has 0 heterocycles. The van der Waals surface area contributed by atoms with E-state index in [9.17, 15) is 9.59 Å². The molecule has 0 aliphatic heterocycles. The third kappa shape index (κ3) is 4.08. The molecule has 0 saturated heterocycles. The van der Waals surface area contributed by atoms with Crippen LogP contribution in [0.5, 0.6) is 0 Å². The lowest BCUT2D eigenvalue weighted by Crippen LogP contribution is -2.24. The van der Waals surface area contributed by atoms with Gasteiger partial charge in [-0.2, -0.15) is 0 Å². The molecule has 4 heteroatoms. The zero-order chi connectivity index (χ0) is 14.4. The van der Waals surface area contributed by atoms with Crippen LogP contribution in [0.4, 0.5) is 0 Å². The minimum Gasteiger partial charge on any atom is -0.355 e. The largest absolute Gasteiger partial charge is 0.355 e. The van der Waals surface area contributed by atoms with E-state index in [-0.39, 0.29) is 11.8 Å². The number of hydrogen-bond donors (Lipinski definition) is 2. The monoisotopic (exact) mass is 274 g/mol. The van der Waals surface area contributed by atoms with Gasteiger partial charge in [-0.1, -0.05) is 25.0 Å². The number of hydrogen-bond acceptors (Lipinski definition) is 2. The second-order valence-corrected chi connectivity index (χ2v) is 5.41. The van der Waals surface area contributed by atoms with Crippen LogP contribution in [-0.4, -0.2) is 18.9 Å². The molecule has 2 rings (SSSR count). The van der Waals surface area contributed by atoms with Crippen molar-refractivity contribution in [3.8, 4) is 0 Å². The Hall–Kier alpha value is -1.84. The summed E-state index contributed by atoms with van der Waals surface area (Å²) in [6.07, 6.45) is 5.55. The fourth-order valence-electron chi connectivity index (χ4n) is 2.67. The zero-order valence-electron chi connectivity index (χ0n) is 11.9. The number of amides is 2. The van der Waals surface area contributed by atoms with Crippen molar-refractivity contribution < 1.29 is 9.59 Å². The maximum Gasteiger partial charge on any atom is 0.251 e. The summed E-state index contributed by atoms with van der Waals surface area (Å²) in [6.45, 7) is 0.527. The Morgan fingerprint density at radius 2 is 1.80 bits per heavy atom. The van der Waals surface area contributed by atoms with E-state index in [1.165, 1.54) is 25.7 Å². The summed E-state index contributed by atoms with van der Waals surface area (Å²) in [7, 11) is 1.61. The van der Waals surface area contributed by atoms with Crippen molar-refractivity contribution in [1.82, 2.24) is 10.6 Å². The average Bonchev–Trinajstić information content (AvgIpc) is 2.97. The van der Waals surface area contributed by atoms with Crippen LogP contribution in [0, 0.1) is 5.92 Å². The van der Waals surface area contributed by atoms with Crippen LogP contribution in [-0.2, 0) is 11.3 Å². The van der Waals surface area contributed by atoms with Crippen molar-refractivity contribution in [2.75, 3.05) is 7.05 Å². The first-order chi connectivity index (χ1) is 9.69. The molecule has 0 atom stereocenters. The number of rotatable bonds is 5. The van der Waals surface area contributed by atoms with Gasteiger partial charge in [-0.3, -0.25) is 9.59 Å². The summed E-state index contributed by atoms with van der Waals surface area (Å²) in [5.41, 5.74) is 1.64.